The van der Waals surface area contributed by atoms with Gasteiger partial charge in [-0.1, -0.05) is 105 Å². The van der Waals surface area contributed by atoms with Gasteiger partial charge in [-0.05, 0) is 82.7 Å². The van der Waals surface area contributed by atoms with Crippen molar-refractivity contribution in [1.29, 1.82) is 0 Å². The third kappa shape index (κ3) is 3.82. The van der Waals surface area contributed by atoms with Gasteiger partial charge in [-0.25, -0.2) is 0 Å². The van der Waals surface area contributed by atoms with Crippen LogP contribution in [0.15, 0.2) is 36.4 Å². The van der Waals surface area contributed by atoms with E-state index in [1.807, 2.05) is 0 Å². The van der Waals surface area contributed by atoms with Crippen molar-refractivity contribution in [2.45, 2.75) is 73.1 Å². The Morgan fingerprint density at radius 2 is 1.00 bits per heavy atom. The van der Waals surface area contributed by atoms with E-state index in [1.54, 1.807) is 0 Å². The van der Waals surface area contributed by atoms with Gasteiger partial charge < -0.3 is 0 Å². The van der Waals surface area contributed by atoms with Gasteiger partial charge in [0.05, 0.1) is 0 Å². The van der Waals surface area contributed by atoms with E-state index >= 15 is 0 Å². The quantitative estimate of drug-likeness (QED) is 0.275. The lowest BCUT2D eigenvalue weighted by atomic mass is 9.36. The maximum absolute atomic E-state index is 6.61. The van der Waals surface area contributed by atoms with Crippen molar-refractivity contribution in [3.63, 3.8) is 0 Å². The van der Waals surface area contributed by atoms with Gasteiger partial charge in [-0.2, -0.15) is 0 Å². The zero-order valence-electron chi connectivity index (χ0n) is 20.5. The molecule has 0 spiro atoms. The van der Waals surface area contributed by atoms with Crippen LogP contribution in [0.5, 0.6) is 0 Å². The van der Waals surface area contributed by atoms with Gasteiger partial charge in [-0.15, -0.1) is 0 Å². The second kappa shape index (κ2) is 8.58. The number of aryl methyl sites for hydroxylation is 2. The molecule has 0 amide bonds. The number of rotatable bonds is 4. The monoisotopic (exact) mass is 462 g/mol. The molecule has 4 rings (SSSR count). The van der Waals surface area contributed by atoms with Crippen LogP contribution in [0.4, 0.5) is 0 Å². The molecule has 166 valence electrons. The molecule has 3 heteroatoms. The van der Waals surface area contributed by atoms with Crippen LogP contribution in [0.25, 0.3) is 11.1 Å². The number of benzene rings is 3. The van der Waals surface area contributed by atoms with Gasteiger partial charge in [0.2, 0.25) is 6.71 Å². The highest BCUT2D eigenvalue weighted by molar-refractivity contribution is 6.99. The second-order valence-corrected chi connectivity index (χ2v) is 11.2. The average Bonchev–Trinajstić information content (AvgIpc) is 2.99. The predicted octanol–water partition coefficient (Wildman–Crippen LogP) is 7.48. The van der Waals surface area contributed by atoms with Crippen LogP contribution in [0.3, 0.4) is 0 Å². The fraction of sp³-hybridized carbons (Fsp3) is 0.379. The molecule has 1 heterocycles. The zero-order valence-corrected chi connectivity index (χ0v) is 22.0. The molecule has 0 saturated heterocycles. The Morgan fingerprint density at radius 3 is 1.34 bits per heavy atom. The summed E-state index contributed by atoms with van der Waals surface area (Å²) in [5.41, 5.74) is 13.2. The number of halogens is 2. The van der Waals surface area contributed by atoms with Gasteiger partial charge in [0.1, 0.15) is 0 Å². The topological polar surface area (TPSA) is 0 Å². The zero-order chi connectivity index (χ0) is 23.5. The van der Waals surface area contributed by atoms with Crippen LogP contribution >= 0.6 is 23.2 Å². The van der Waals surface area contributed by atoms with E-state index in [9.17, 15) is 0 Å². The van der Waals surface area contributed by atoms with E-state index < -0.39 is 0 Å². The van der Waals surface area contributed by atoms with E-state index in [0.717, 1.165) is 21.2 Å². The van der Waals surface area contributed by atoms with Crippen LogP contribution in [0.2, 0.25) is 10.0 Å². The highest BCUT2D eigenvalue weighted by Gasteiger charge is 2.38. The molecule has 0 nitrogen and oxygen atoms in total. The van der Waals surface area contributed by atoms with Gasteiger partial charge in [0.15, 0.2) is 0 Å². The lowest BCUT2D eigenvalue weighted by Crippen LogP contribution is -2.52. The minimum atomic E-state index is 0.197. The minimum Gasteiger partial charge on any atom is -0.0840 e. The Hall–Kier alpha value is -1.70. The molecule has 1 aliphatic rings. The molecule has 0 atom stereocenters. The number of hydrogen-bond acceptors (Lipinski definition) is 0. The molecule has 0 saturated carbocycles. The highest BCUT2D eigenvalue weighted by Crippen LogP contribution is 2.34. The van der Waals surface area contributed by atoms with Crippen molar-refractivity contribution in [1.82, 2.24) is 0 Å². The van der Waals surface area contributed by atoms with Gasteiger partial charge in [0, 0.05) is 10.0 Å². The molecule has 0 aromatic heterocycles. The molecule has 3 aromatic carbocycles. The average molecular weight is 463 g/mol. The van der Waals surface area contributed by atoms with E-state index in [0.29, 0.717) is 17.8 Å². The molecule has 32 heavy (non-hydrogen) atoms. The molecule has 0 N–H and O–H groups in total. The molecule has 3 aromatic rings. The minimum absolute atomic E-state index is 0.197. The summed E-state index contributed by atoms with van der Waals surface area (Å²) in [7, 11) is 0. The first-order valence-electron chi connectivity index (χ1n) is 11.8. The van der Waals surface area contributed by atoms with Crippen LogP contribution in [0, 0.1) is 13.8 Å². The SMILES string of the molecule is Cc1cc2c(cc1Cl)-c1cc(Cl)c(C)cc1B2c1c(C(C)C)cc(C(C)C)cc1C(C)C. The first-order chi connectivity index (χ1) is 15.0. The van der Waals surface area contributed by atoms with Crippen molar-refractivity contribution in [2.75, 3.05) is 0 Å². The van der Waals surface area contributed by atoms with E-state index in [4.69, 9.17) is 23.2 Å². The Balaban J connectivity index is 2.13. The fourth-order valence-corrected chi connectivity index (χ4v) is 5.50. The number of hydrogen-bond donors (Lipinski definition) is 0. The van der Waals surface area contributed by atoms with Crippen molar-refractivity contribution < 1.29 is 0 Å². The van der Waals surface area contributed by atoms with Gasteiger partial charge >= 0.3 is 0 Å². The summed E-state index contributed by atoms with van der Waals surface area (Å²) in [6.45, 7) is 18.3. The summed E-state index contributed by atoms with van der Waals surface area (Å²) in [5, 5.41) is 1.63. The smallest absolute Gasteiger partial charge is 0.0840 e. The van der Waals surface area contributed by atoms with Crippen LogP contribution in [-0.4, -0.2) is 6.71 Å². The lowest BCUT2D eigenvalue weighted by molar-refractivity contribution is 0.812. The molecular weight excluding hydrogens is 430 g/mol. The standard InChI is InChI=1S/C29H33BCl2/c1-15(2)20-11-21(16(3)4)29(22(12-20)17(5)6)30-25-9-18(7)27(31)13-23(25)24-14-28(32)19(8)10-26(24)30/h9-17H,1-8H3. The molecule has 0 radical (unpaired) electrons. The molecule has 0 fully saturated rings. The summed E-state index contributed by atoms with van der Waals surface area (Å²) in [4.78, 5) is 0. The van der Waals surface area contributed by atoms with E-state index in [1.165, 1.54) is 44.2 Å². The number of fused-ring (bicyclic) bond motifs is 3. The maximum atomic E-state index is 6.61. The third-order valence-electron chi connectivity index (χ3n) is 7.04. The summed E-state index contributed by atoms with van der Waals surface area (Å²) in [5.74, 6) is 1.38. The summed E-state index contributed by atoms with van der Waals surface area (Å²) in [6.07, 6.45) is 0. The molecular formula is C29H33BCl2. The second-order valence-electron chi connectivity index (χ2n) is 10.4. The first-order valence-corrected chi connectivity index (χ1v) is 12.5. The van der Waals surface area contributed by atoms with Crippen molar-refractivity contribution in [3.05, 3.63) is 74.3 Å². The maximum Gasteiger partial charge on any atom is 0.243 e. The van der Waals surface area contributed by atoms with E-state index in [-0.39, 0.29) is 6.71 Å². The third-order valence-corrected chi connectivity index (χ3v) is 7.85. The Kier molecular flexibility index (Phi) is 6.29. The van der Waals surface area contributed by atoms with Crippen molar-refractivity contribution >= 4 is 46.3 Å². The van der Waals surface area contributed by atoms with Gasteiger partial charge in [0.25, 0.3) is 0 Å². The molecule has 0 unspecified atom stereocenters. The highest BCUT2D eigenvalue weighted by atomic mass is 35.5. The van der Waals surface area contributed by atoms with Gasteiger partial charge in [-0.3, -0.25) is 0 Å². The van der Waals surface area contributed by atoms with E-state index in [2.05, 4.69) is 91.8 Å². The van der Waals surface area contributed by atoms with Crippen LogP contribution < -0.4 is 16.4 Å². The molecule has 0 bridgehead atoms. The fourth-order valence-electron chi connectivity index (χ4n) is 5.18. The molecule has 0 aliphatic carbocycles. The molecule has 1 aliphatic heterocycles. The Morgan fingerprint density at radius 1 is 0.594 bits per heavy atom. The lowest BCUT2D eigenvalue weighted by Gasteiger charge is -2.27. The van der Waals surface area contributed by atoms with Crippen molar-refractivity contribution in [2.24, 2.45) is 0 Å². The summed E-state index contributed by atoms with van der Waals surface area (Å²) >= 11 is 13.2. The van der Waals surface area contributed by atoms with Crippen LogP contribution in [-0.2, 0) is 0 Å². The normalized spacial score (nSPS) is 12.8. The Labute approximate surface area is 204 Å². The predicted molar refractivity (Wildman–Crippen MR) is 145 cm³/mol. The largest absolute Gasteiger partial charge is 0.243 e. The van der Waals surface area contributed by atoms with Crippen LogP contribution in [0.1, 0.15) is 87.1 Å². The Bertz CT molecular complexity index is 1120. The van der Waals surface area contributed by atoms with Crippen molar-refractivity contribution in [3.8, 4) is 11.1 Å². The summed E-state index contributed by atoms with van der Waals surface area (Å²) in [6, 6.07) is 13.8. The first kappa shape index (κ1) is 23.5. The summed E-state index contributed by atoms with van der Waals surface area (Å²) < 4.78 is 0.